The van der Waals surface area contributed by atoms with Crippen LogP contribution in [0.1, 0.15) is 90.9 Å². The molecule has 0 atom stereocenters. The highest BCUT2D eigenvalue weighted by Crippen LogP contribution is 2.19. The summed E-state index contributed by atoms with van der Waals surface area (Å²) in [5.41, 5.74) is 0.345. The first kappa shape index (κ1) is 18.0. The molecule has 1 N–H and O–H groups in total. The zero-order valence-corrected chi connectivity index (χ0v) is 14.0. The van der Waals surface area contributed by atoms with Crippen molar-refractivity contribution in [2.75, 3.05) is 19.8 Å². The molecule has 1 rings (SSSR count). The molecule has 0 aromatic heterocycles. The maximum atomic E-state index is 5.43. The summed E-state index contributed by atoms with van der Waals surface area (Å²) >= 11 is 0. The Bertz CT molecular complexity index is 211. The second kappa shape index (κ2) is 11.6. The van der Waals surface area contributed by atoms with Crippen LogP contribution in [0, 0.1) is 0 Å². The van der Waals surface area contributed by atoms with Crippen molar-refractivity contribution in [1.29, 1.82) is 0 Å². The lowest BCUT2D eigenvalue weighted by Gasteiger charge is -2.34. The minimum atomic E-state index is 0.345. The Kier molecular flexibility index (Phi) is 10.4. The van der Waals surface area contributed by atoms with Gasteiger partial charge in [-0.2, -0.15) is 0 Å². The Morgan fingerprint density at radius 3 is 1.85 bits per heavy atom. The van der Waals surface area contributed by atoms with E-state index in [2.05, 4.69) is 19.2 Å². The van der Waals surface area contributed by atoms with Crippen LogP contribution in [0.25, 0.3) is 0 Å². The van der Waals surface area contributed by atoms with Crippen LogP contribution >= 0.6 is 0 Å². The van der Waals surface area contributed by atoms with E-state index in [0.717, 1.165) is 13.2 Å². The molecule has 0 amide bonds. The van der Waals surface area contributed by atoms with Gasteiger partial charge in [-0.3, -0.25) is 0 Å². The summed E-state index contributed by atoms with van der Waals surface area (Å²) in [5, 5.41) is 3.74. The van der Waals surface area contributed by atoms with Crippen LogP contribution in [0.15, 0.2) is 0 Å². The molecular weight excluding hydrogens is 246 g/mol. The molecule has 0 bridgehead atoms. The smallest absolute Gasteiger partial charge is 0.0483 e. The lowest BCUT2D eigenvalue weighted by molar-refractivity contribution is 0.0453. The fourth-order valence-corrected chi connectivity index (χ4v) is 3.00. The third-order valence-corrected chi connectivity index (χ3v) is 4.68. The van der Waals surface area contributed by atoms with Crippen molar-refractivity contribution in [2.45, 2.75) is 96.4 Å². The van der Waals surface area contributed by atoms with Crippen molar-refractivity contribution in [3.63, 3.8) is 0 Å². The van der Waals surface area contributed by atoms with Crippen LogP contribution in [-0.2, 0) is 4.74 Å². The first-order valence-electron chi connectivity index (χ1n) is 9.10. The van der Waals surface area contributed by atoms with Crippen molar-refractivity contribution in [3.05, 3.63) is 0 Å². The van der Waals surface area contributed by atoms with Gasteiger partial charge in [0.1, 0.15) is 0 Å². The van der Waals surface area contributed by atoms with E-state index in [9.17, 15) is 0 Å². The van der Waals surface area contributed by atoms with E-state index >= 15 is 0 Å². The number of rotatable bonds is 12. The average Bonchev–Trinajstić information content (AvgIpc) is 2.45. The molecule has 0 spiro atoms. The third kappa shape index (κ3) is 8.97. The van der Waals surface area contributed by atoms with Gasteiger partial charge in [-0.15, -0.1) is 0 Å². The van der Waals surface area contributed by atoms with E-state index in [1.54, 1.807) is 0 Å². The largest absolute Gasteiger partial charge is 0.381 e. The maximum absolute atomic E-state index is 5.43. The highest BCUT2D eigenvalue weighted by Gasteiger charge is 2.25. The molecule has 1 aliphatic heterocycles. The molecular formula is C18H37NO. The first-order chi connectivity index (χ1) is 9.77. The monoisotopic (exact) mass is 283 g/mol. The summed E-state index contributed by atoms with van der Waals surface area (Å²) in [6.45, 7) is 7.69. The molecule has 0 radical (unpaired) electrons. The molecule has 1 aliphatic rings. The zero-order valence-electron chi connectivity index (χ0n) is 14.0. The zero-order chi connectivity index (χ0) is 14.5. The normalized spacial score (nSPS) is 18.3. The summed E-state index contributed by atoms with van der Waals surface area (Å²) < 4.78 is 5.43. The van der Waals surface area contributed by atoms with Crippen LogP contribution in [-0.4, -0.2) is 25.3 Å². The summed E-state index contributed by atoms with van der Waals surface area (Å²) in [5.74, 6) is 0. The number of unbranched alkanes of at least 4 members (excludes halogenated alkanes) is 9. The molecule has 0 saturated carbocycles. The minimum absolute atomic E-state index is 0.345. The van der Waals surface area contributed by atoms with Gasteiger partial charge in [0.05, 0.1) is 0 Å². The van der Waals surface area contributed by atoms with E-state index < -0.39 is 0 Å². The molecule has 20 heavy (non-hydrogen) atoms. The van der Waals surface area contributed by atoms with Gasteiger partial charge in [-0.05, 0) is 32.7 Å². The van der Waals surface area contributed by atoms with E-state index in [4.69, 9.17) is 4.74 Å². The van der Waals surface area contributed by atoms with Gasteiger partial charge in [0.2, 0.25) is 0 Å². The van der Waals surface area contributed by atoms with Crippen LogP contribution in [0.2, 0.25) is 0 Å². The van der Waals surface area contributed by atoms with Crippen LogP contribution in [0.5, 0.6) is 0 Å². The third-order valence-electron chi connectivity index (χ3n) is 4.68. The first-order valence-corrected chi connectivity index (χ1v) is 9.10. The number of ether oxygens (including phenoxy) is 1. The molecule has 2 nitrogen and oxygen atoms in total. The Morgan fingerprint density at radius 2 is 1.30 bits per heavy atom. The van der Waals surface area contributed by atoms with Crippen molar-refractivity contribution in [3.8, 4) is 0 Å². The van der Waals surface area contributed by atoms with Gasteiger partial charge in [-0.25, -0.2) is 0 Å². The van der Waals surface area contributed by atoms with Gasteiger partial charge in [0.15, 0.2) is 0 Å². The Labute approximate surface area is 127 Å². The SMILES string of the molecule is CCCCCCCCCCCCNC1(C)CCOCC1. The fraction of sp³-hybridized carbons (Fsp3) is 1.00. The second-order valence-electron chi connectivity index (χ2n) is 6.78. The van der Waals surface area contributed by atoms with Crippen molar-refractivity contribution >= 4 is 0 Å². The van der Waals surface area contributed by atoms with Crippen LogP contribution in [0.4, 0.5) is 0 Å². The number of hydrogen-bond donors (Lipinski definition) is 1. The summed E-state index contributed by atoms with van der Waals surface area (Å²) in [7, 11) is 0. The second-order valence-corrected chi connectivity index (χ2v) is 6.78. The molecule has 1 heterocycles. The molecule has 120 valence electrons. The molecule has 1 fully saturated rings. The predicted octanol–water partition coefficient (Wildman–Crippen LogP) is 5.07. The quantitative estimate of drug-likeness (QED) is 0.505. The predicted molar refractivity (Wildman–Crippen MR) is 88.3 cm³/mol. The van der Waals surface area contributed by atoms with E-state index in [0.29, 0.717) is 5.54 Å². The molecule has 0 aromatic rings. The minimum Gasteiger partial charge on any atom is -0.381 e. The Morgan fingerprint density at radius 1 is 0.800 bits per heavy atom. The number of hydrogen-bond acceptors (Lipinski definition) is 2. The molecule has 0 aromatic carbocycles. The summed E-state index contributed by atoms with van der Waals surface area (Å²) in [6, 6.07) is 0. The van der Waals surface area contributed by atoms with Gasteiger partial charge in [0.25, 0.3) is 0 Å². The lowest BCUT2D eigenvalue weighted by atomic mass is 9.92. The van der Waals surface area contributed by atoms with E-state index in [1.165, 1.54) is 83.6 Å². The average molecular weight is 284 g/mol. The topological polar surface area (TPSA) is 21.3 Å². The van der Waals surface area contributed by atoms with Gasteiger partial charge < -0.3 is 10.1 Å². The highest BCUT2D eigenvalue weighted by molar-refractivity contribution is 4.84. The summed E-state index contributed by atoms with van der Waals surface area (Å²) in [4.78, 5) is 0. The van der Waals surface area contributed by atoms with Gasteiger partial charge in [0, 0.05) is 18.8 Å². The Balaban J connectivity index is 1.80. The fourth-order valence-electron chi connectivity index (χ4n) is 3.00. The van der Waals surface area contributed by atoms with Crippen molar-refractivity contribution in [2.24, 2.45) is 0 Å². The molecule has 1 saturated heterocycles. The highest BCUT2D eigenvalue weighted by atomic mass is 16.5. The van der Waals surface area contributed by atoms with Crippen LogP contribution < -0.4 is 5.32 Å². The van der Waals surface area contributed by atoms with E-state index in [1.807, 2.05) is 0 Å². The lowest BCUT2D eigenvalue weighted by Crippen LogP contribution is -2.47. The Hall–Kier alpha value is -0.0800. The van der Waals surface area contributed by atoms with Crippen molar-refractivity contribution < 1.29 is 4.74 Å². The molecule has 2 heteroatoms. The molecule has 0 unspecified atom stereocenters. The van der Waals surface area contributed by atoms with E-state index in [-0.39, 0.29) is 0 Å². The van der Waals surface area contributed by atoms with Gasteiger partial charge in [-0.1, -0.05) is 64.7 Å². The number of nitrogens with one attached hydrogen (secondary N) is 1. The maximum Gasteiger partial charge on any atom is 0.0483 e. The summed E-state index contributed by atoms with van der Waals surface area (Å²) in [6.07, 6.45) is 16.5. The molecule has 0 aliphatic carbocycles. The standard InChI is InChI=1S/C18H37NO/c1-3-4-5-6-7-8-9-10-11-12-15-19-18(2)13-16-20-17-14-18/h19H,3-17H2,1-2H3. The van der Waals surface area contributed by atoms with Crippen LogP contribution in [0.3, 0.4) is 0 Å². The van der Waals surface area contributed by atoms with Crippen molar-refractivity contribution in [1.82, 2.24) is 5.32 Å². The van der Waals surface area contributed by atoms with Gasteiger partial charge >= 0.3 is 0 Å².